The number of pyridine rings is 1. The summed E-state index contributed by atoms with van der Waals surface area (Å²) in [7, 11) is 0. The summed E-state index contributed by atoms with van der Waals surface area (Å²) in [5, 5.41) is 0. The van der Waals surface area contributed by atoms with E-state index in [2.05, 4.69) is 79.0 Å². The van der Waals surface area contributed by atoms with E-state index in [0.717, 1.165) is 66.6 Å². The third kappa shape index (κ3) is 30.4. The van der Waals surface area contributed by atoms with Gasteiger partial charge in [0.1, 0.15) is 0 Å². The molecule has 0 aromatic carbocycles. The molecule has 1 aliphatic heterocycles. The van der Waals surface area contributed by atoms with E-state index in [1.54, 1.807) is 0 Å². The van der Waals surface area contributed by atoms with Crippen LogP contribution in [0.2, 0.25) is 0 Å². The van der Waals surface area contributed by atoms with Crippen molar-refractivity contribution >= 4 is 23.6 Å². The van der Waals surface area contributed by atoms with Crippen molar-refractivity contribution in [3.8, 4) is 0 Å². The molecule has 0 amide bonds. The van der Waals surface area contributed by atoms with Crippen LogP contribution in [0.25, 0.3) is 11.6 Å². The zero-order valence-corrected chi connectivity index (χ0v) is 45.5. The molecule has 1 aliphatic carbocycles. The normalized spacial score (nSPS) is 19.0. The topological polar surface area (TPSA) is 54.5 Å². The van der Waals surface area contributed by atoms with Crippen molar-refractivity contribution in [3.63, 3.8) is 0 Å². The summed E-state index contributed by atoms with van der Waals surface area (Å²) < 4.78 is 0. The fourth-order valence-corrected chi connectivity index (χ4v) is 10.2. The average Bonchev–Trinajstić information content (AvgIpc) is 3.30. The van der Waals surface area contributed by atoms with Crippen LogP contribution in [0, 0.1) is 30.6 Å². The molecule has 1 aromatic heterocycles. The van der Waals surface area contributed by atoms with Crippen molar-refractivity contribution in [3.05, 3.63) is 35.2 Å². The Balaban J connectivity index is 0.000000731. The molecule has 4 nitrogen and oxygen atoms in total. The van der Waals surface area contributed by atoms with Crippen LogP contribution in [0.3, 0.4) is 0 Å². The maximum absolute atomic E-state index is 5.49. The second kappa shape index (κ2) is 42.3. The minimum absolute atomic E-state index is 0.870. The van der Waals surface area contributed by atoms with E-state index in [-0.39, 0.29) is 0 Å². The molecule has 378 valence electrons. The van der Waals surface area contributed by atoms with Gasteiger partial charge in [-0.1, -0.05) is 253 Å². The molecule has 0 radical (unpaired) electrons. The van der Waals surface area contributed by atoms with Crippen LogP contribution in [-0.2, 0) is 6.42 Å². The summed E-state index contributed by atoms with van der Waals surface area (Å²) >= 11 is 0. The Hall–Kier alpha value is -1.78. The Morgan fingerprint density at radius 2 is 1.26 bits per heavy atom. The van der Waals surface area contributed by atoms with E-state index in [4.69, 9.17) is 15.7 Å². The molecular formula is C61H114N4. The molecule has 1 fully saturated rings. The highest BCUT2D eigenvalue weighted by atomic mass is 15.1. The number of nitrogens with zero attached hydrogens (tertiary/aromatic N) is 3. The largest absolute Gasteiger partial charge is 0.330 e. The second-order valence-electron chi connectivity index (χ2n) is 21.2. The van der Waals surface area contributed by atoms with Gasteiger partial charge in [0, 0.05) is 24.0 Å². The van der Waals surface area contributed by atoms with Gasteiger partial charge in [0.2, 0.25) is 0 Å². The Kier molecular flexibility index (Phi) is 39.9. The number of nitrogens with two attached hydrogens (primary N) is 1. The minimum atomic E-state index is 0.870. The van der Waals surface area contributed by atoms with Crippen molar-refractivity contribution < 1.29 is 0 Å². The van der Waals surface area contributed by atoms with Crippen LogP contribution in [0.1, 0.15) is 290 Å². The second-order valence-corrected chi connectivity index (χ2v) is 21.2. The van der Waals surface area contributed by atoms with Crippen LogP contribution in [-0.4, -0.2) is 42.3 Å². The molecule has 2 aliphatic rings. The number of aromatic nitrogens is 1. The van der Waals surface area contributed by atoms with E-state index in [1.807, 2.05) is 13.1 Å². The van der Waals surface area contributed by atoms with Crippen molar-refractivity contribution in [1.82, 2.24) is 9.88 Å². The number of rotatable bonds is 23. The lowest BCUT2D eigenvalue weighted by Crippen LogP contribution is -2.28. The standard InChI is InChI=1S/C38H63N3.C18H39N.C5H12/c1-6-23-34-25-18-14-10-12-16-22-29-41(28-21-15-11-9-13-17-24-33(34)7-2)30-31(4)37-38(39-8-3)32(5)35-26-19-20-27-36(35)40-37;1-3-4-5-6-9-12-15-18(2)16-13-10-7-8-11-14-17-19;1-4-5(2)3/h8,19,26,33-34H,4,6-7,9-18,20-25,27-30H2,1-3,5H3;18H,3-17,19H2,1-2H3;5H,4H2,1-3H3. The highest BCUT2D eigenvalue weighted by molar-refractivity contribution is 5.80. The van der Waals surface area contributed by atoms with Gasteiger partial charge in [-0.25, -0.2) is 0 Å². The van der Waals surface area contributed by atoms with Gasteiger partial charge in [0.05, 0.1) is 11.4 Å². The molecule has 2 N–H and O–H groups in total. The lowest BCUT2D eigenvalue weighted by molar-refractivity contribution is 0.254. The Bertz CT molecular complexity index is 1310. The quantitative estimate of drug-likeness (QED) is 0.0879. The number of fused-ring (bicyclic) bond motifs is 1. The fourth-order valence-electron chi connectivity index (χ4n) is 10.2. The van der Waals surface area contributed by atoms with E-state index < -0.39 is 0 Å². The molecular weight excluding hydrogens is 789 g/mol. The third-order valence-electron chi connectivity index (χ3n) is 14.8. The Labute approximate surface area is 408 Å². The van der Waals surface area contributed by atoms with Crippen molar-refractivity contribution in [2.45, 2.75) is 281 Å². The Morgan fingerprint density at radius 3 is 1.78 bits per heavy atom. The number of aryl methyl sites for hydroxylation is 1. The lowest BCUT2D eigenvalue weighted by Gasteiger charge is -2.26. The molecule has 65 heavy (non-hydrogen) atoms. The summed E-state index contributed by atoms with van der Waals surface area (Å²) in [4.78, 5) is 12.6. The molecule has 1 saturated heterocycles. The molecule has 0 spiro atoms. The maximum atomic E-state index is 5.49. The molecule has 3 atom stereocenters. The van der Waals surface area contributed by atoms with Crippen molar-refractivity contribution in [2.75, 3.05) is 26.2 Å². The SMILES string of the molecule is C=C(CN1CCCCCCCCC(CC)C(CCC)CCCCCCCC1)c1nc2c(c(C)c1N=CC)C=CCC2.CCC(C)C.CCCCCCCCC(C)CCCCCCCCN. The van der Waals surface area contributed by atoms with Gasteiger partial charge >= 0.3 is 0 Å². The van der Waals surface area contributed by atoms with E-state index in [0.29, 0.717) is 0 Å². The van der Waals surface area contributed by atoms with E-state index >= 15 is 0 Å². The summed E-state index contributed by atoms with van der Waals surface area (Å²) in [5.74, 6) is 3.78. The predicted octanol–water partition coefficient (Wildman–Crippen LogP) is 19.4. The molecule has 1 aromatic rings. The third-order valence-corrected chi connectivity index (χ3v) is 14.8. The van der Waals surface area contributed by atoms with Crippen LogP contribution in [0.15, 0.2) is 17.6 Å². The van der Waals surface area contributed by atoms with Gasteiger partial charge in [-0.3, -0.25) is 14.9 Å². The summed E-state index contributed by atoms with van der Waals surface area (Å²) in [5.41, 5.74) is 12.4. The first-order valence-corrected chi connectivity index (χ1v) is 29.0. The first kappa shape index (κ1) is 61.2. The van der Waals surface area contributed by atoms with Gasteiger partial charge in [-0.05, 0) is 100 Å². The highest BCUT2D eigenvalue weighted by Gasteiger charge is 2.21. The zero-order valence-electron chi connectivity index (χ0n) is 45.5. The molecule has 3 rings (SSSR count). The van der Waals surface area contributed by atoms with Gasteiger partial charge in [0.25, 0.3) is 0 Å². The van der Waals surface area contributed by atoms with Crippen LogP contribution < -0.4 is 5.73 Å². The van der Waals surface area contributed by atoms with E-state index in [1.165, 1.54) is 235 Å². The molecule has 0 saturated carbocycles. The monoisotopic (exact) mass is 903 g/mol. The molecule has 2 heterocycles. The first-order chi connectivity index (χ1) is 31.7. The zero-order chi connectivity index (χ0) is 47.8. The number of hydrogen-bond donors (Lipinski definition) is 1. The molecule has 0 bridgehead atoms. The minimum Gasteiger partial charge on any atom is -0.330 e. The summed E-state index contributed by atoms with van der Waals surface area (Å²) in [6.07, 6.45) is 53.4. The average molecular weight is 904 g/mol. The maximum Gasteiger partial charge on any atom is 0.0931 e. The Morgan fingerprint density at radius 1 is 0.738 bits per heavy atom. The van der Waals surface area contributed by atoms with Crippen molar-refractivity contribution in [2.24, 2.45) is 34.4 Å². The predicted molar refractivity (Wildman–Crippen MR) is 296 cm³/mol. The van der Waals surface area contributed by atoms with Gasteiger partial charge < -0.3 is 5.73 Å². The number of hydrogen-bond acceptors (Lipinski definition) is 4. The van der Waals surface area contributed by atoms with Crippen LogP contribution in [0.5, 0.6) is 0 Å². The number of allylic oxidation sites excluding steroid dienone is 1. The molecule has 4 heteroatoms. The van der Waals surface area contributed by atoms with Gasteiger partial charge in [0.15, 0.2) is 0 Å². The lowest BCUT2D eigenvalue weighted by atomic mass is 9.80. The molecule has 3 unspecified atom stereocenters. The summed E-state index contributed by atoms with van der Waals surface area (Å²) in [6, 6.07) is 0. The summed E-state index contributed by atoms with van der Waals surface area (Å²) in [6.45, 7) is 29.1. The van der Waals surface area contributed by atoms with Gasteiger partial charge in [-0.15, -0.1) is 0 Å². The fraction of sp³-hybridized carbons (Fsp3) is 0.836. The van der Waals surface area contributed by atoms with E-state index in [9.17, 15) is 0 Å². The first-order valence-electron chi connectivity index (χ1n) is 29.0. The van der Waals surface area contributed by atoms with Crippen LogP contribution >= 0.6 is 0 Å². The van der Waals surface area contributed by atoms with Gasteiger partial charge in [-0.2, -0.15) is 0 Å². The van der Waals surface area contributed by atoms with Crippen LogP contribution in [0.4, 0.5) is 5.69 Å². The smallest absolute Gasteiger partial charge is 0.0931 e. The highest BCUT2D eigenvalue weighted by Crippen LogP contribution is 2.35. The number of unbranched alkanes of at least 4 members (excludes halogenated alkanes) is 10. The number of aliphatic imine (C=N–C) groups is 1. The van der Waals surface area contributed by atoms with Crippen molar-refractivity contribution in [1.29, 1.82) is 0 Å².